The topological polar surface area (TPSA) is 69.6 Å². The van der Waals surface area contributed by atoms with Gasteiger partial charge in [-0.15, -0.1) is 0 Å². The third-order valence-corrected chi connectivity index (χ3v) is 1.93. The van der Waals surface area contributed by atoms with Gasteiger partial charge in [-0.3, -0.25) is 4.79 Å². The summed E-state index contributed by atoms with van der Waals surface area (Å²) >= 11 is 5.69. The van der Waals surface area contributed by atoms with E-state index in [1.54, 1.807) is 0 Å². The van der Waals surface area contributed by atoms with E-state index in [0.29, 0.717) is 5.56 Å². The van der Waals surface area contributed by atoms with Gasteiger partial charge >= 0.3 is 7.12 Å². The van der Waals surface area contributed by atoms with Gasteiger partial charge in [-0.05, 0) is 23.7 Å². The molecule has 0 aliphatic heterocycles. The maximum Gasteiger partial charge on any atom is 0.488 e. The molecule has 6 heteroatoms. The number of nitrogens with one attached hydrogen (secondary N) is 1. The first-order valence-electron chi connectivity index (χ1n) is 3.93. The Morgan fingerprint density at radius 2 is 2.07 bits per heavy atom. The molecular weight excluding hydrogens is 204 g/mol. The quantitative estimate of drug-likeness (QED) is 0.574. The minimum absolute atomic E-state index is 0.191. The number of carbonyl (C=O) groups excluding carboxylic acids is 1. The monoisotopic (exact) mass is 213 g/mol. The summed E-state index contributed by atoms with van der Waals surface area (Å²) in [5.74, 6) is -0.325. The lowest BCUT2D eigenvalue weighted by Gasteiger charge is -2.04. The van der Waals surface area contributed by atoms with Gasteiger partial charge in [0, 0.05) is 17.6 Å². The summed E-state index contributed by atoms with van der Waals surface area (Å²) in [4.78, 5) is 11.2. The van der Waals surface area contributed by atoms with Crippen LogP contribution < -0.4 is 10.8 Å². The molecule has 0 radical (unpaired) electrons. The number of carbonyl (C=O) groups is 1. The van der Waals surface area contributed by atoms with E-state index in [1.807, 2.05) is 0 Å². The highest BCUT2D eigenvalue weighted by Crippen LogP contribution is 2.09. The molecular formula is C8H9BClNO3. The summed E-state index contributed by atoms with van der Waals surface area (Å²) in [6.07, 6.45) is 0. The minimum atomic E-state index is -1.63. The van der Waals surface area contributed by atoms with E-state index in [4.69, 9.17) is 21.6 Å². The maximum absolute atomic E-state index is 11.2. The van der Waals surface area contributed by atoms with Crippen LogP contribution in [0.3, 0.4) is 0 Å². The molecule has 0 aliphatic rings. The van der Waals surface area contributed by atoms with E-state index in [1.165, 1.54) is 25.2 Å². The van der Waals surface area contributed by atoms with Crippen molar-refractivity contribution in [3.8, 4) is 0 Å². The molecule has 0 atom stereocenters. The van der Waals surface area contributed by atoms with E-state index in [2.05, 4.69) is 5.32 Å². The molecule has 1 rings (SSSR count). The van der Waals surface area contributed by atoms with E-state index < -0.39 is 7.12 Å². The summed E-state index contributed by atoms with van der Waals surface area (Å²) in [7, 11) is -0.143. The lowest BCUT2D eigenvalue weighted by Crippen LogP contribution is -2.31. The van der Waals surface area contributed by atoms with Gasteiger partial charge in [0.2, 0.25) is 0 Å². The van der Waals surface area contributed by atoms with Crippen LogP contribution in [0, 0.1) is 0 Å². The SMILES string of the molecule is CNC(=O)c1cc(Cl)cc(B(O)O)c1. The van der Waals surface area contributed by atoms with Gasteiger partial charge < -0.3 is 15.4 Å². The number of hydrogen-bond acceptors (Lipinski definition) is 3. The Hall–Kier alpha value is -1.04. The third kappa shape index (κ3) is 2.48. The van der Waals surface area contributed by atoms with Crippen molar-refractivity contribution in [2.24, 2.45) is 0 Å². The molecule has 0 spiro atoms. The van der Waals surface area contributed by atoms with Crippen molar-refractivity contribution in [3.05, 3.63) is 28.8 Å². The summed E-state index contributed by atoms with van der Waals surface area (Å²) in [6.45, 7) is 0. The lowest BCUT2D eigenvalue weighted by molar-refractivity contribution is 0.0963. The maximum atomic E-state index is 11.2. The first-order valence-corrected chi connectivity index (χ1v) is 4.31. The number of hydrogen-bond donors (Lipinski definition) is 3. The normalized spacial score (nSPS) is 9.71. The van der Waals surface area contributed by atoms with Crippen molar-refractivity contribution in [3.63, 3.8) is 0 Å². The number of rotatable bonds is 2. The van der Waals surface area contributed by atoms with Gasteiger partial charge in [-0.2, -0.15) is 0 Å². The molecule has 0 saturated carbocycles. The summed E-state index contributed by atoms with van der Waals surface area (Å²) in [5.41, 5.74) is 0.485. The predicted octanol–water partition coefficient (Wildman–Crippen LogP) is -0.621. The Labute approximate surface area is 86.7 Å². The molecule has 3 N–H and O–H groups in total. The number of benzene rings is 1. The first-order chi connectivity index (χ1) is 6.54. The zero-order chi connectivity index (χ0) is 10.7. The van der Waals surface area contributed by atoms with E-state index >= 15 is 0 Å². The lowest BCUT2D eigenvalue weighted by atomic mass is 9.79. The Bertz CT molecular complexity index is 356. The predicted molar refractivity (Wildman–Crippen MR) is 54.7 cm³/mol. The van der Waals surface area contributed by atoms with Crippen LogP contribution in [0.1, 0.15) is 10.4 Å². The molecule has 0 aliphatic carbocycles. The fourth-order valence-corrected chi connectivity index (χ4v) is 1.28. The van der Waals surface area contributed by atoms with Crippen LogP contribution in [0.15, 0.2) is 18.2 Å². The van der Waals surface area contributed by atoms with E-state index in [-0.39, 0.29) is 16.4 Å². The Morgan fingerprint density at radius 3 is 2.57 bits per heavy atom. The second-order valence-electron chi connectivity index (χ2n) is 2.73. The molecule has 0 aromatic heterocycles. The van der Waals surface area contributed by atoms with E-state index in [9.17, 15) is 4.79 Å². The molecule has 0 bridgehead atoms. The van der Waals surface area contributed by atoms with Gasteiger partial charge in [-0.25, -0.2) is 0 Å². The van der Waals surface area contributed by atoms with Crippen molar-refractivity contribution < 1.29 is 14.8 Å². The standard InChI is InChI=1S/C8H9BClNO3/c1-11-8(12)5-2-6(9(13)14)4-7(10)3-5/h2-4,13-14H,1H3,(H,11,12). The molecule has 0 unspecified atom stereocenters. The Morgan fingerprint density at radius 1 is 1.43 bits per heavy atom. The molecule has 1 aromatic carbocycles. The van der Waals surface area contributed by atoms with Crippen LogP contribution in [0.5, 0.6) is 0 Å². The van der Waals surface area contributed by atoms with Crippen LogP contribution in [-0.4, -0.2) is 30.1 Å². The molecule has 0 saturated heterocycles. The van der Waals surface area contributed by atoms with Crippen molar-refractivity contribution >= 4 is 30.1 Å². The van der Waals surface area contributed by atoms with Crippen LogP contribution in [0.4, 0.5) is 0 Å². The summed E-state index contributed by atoms with van der Waals surface area (Å²) < 4.78 is 0. The smallest absolute Gasteiger partial charge is 0.423 e. The second kappa shape index (κ2) is 4.46. The van der Waals surface area contributed by atoms with Crippen molar-refractivity contribution in [2.75, 3.05) is 7.05 Å². The Kier molecular flexibility index (Phi) is 3.52. The summed E-state index contributed by atoms with van der Waals surface area (Å²) in [6, 6.07) is 4.21. The average molecular weight is 213 g/mol. The second-order valence-corrected chi connectivity index (χ2v) is 3.16. The van der Waals surface area contributed by atoms with Gasteiger partial charge in [0.05, 0.1) is 0 Å². The zero-order valence-corrected chi connectivity index (χ0v) is 8.25. The molecule has 14 heavy (non-hydrogen) atoms. The highest BCUT2D eigenvalue weighted by atomic mass is 35.5. The fourth-order valence-electron chi connectivity index (χ4n) is 1.04. The Balaban J connectivity index is 3.13. The van der Waals surface area contributed by atoms with Gasteiger partial charge in [-0.1, -0.05) is 11.6 Å². The third-order valence-electron chi connectivity index (χ3n) is 1.71. The first kappa shape index (κ1) is 11.0. The van der Waals surface area contributed by atoms with Crippen molar-refractivity contribution in [2.45, 2.75) is 0 Å². The van der Waals surface area contributed by atoms with Crippen LogP contribution in [-0.2, 0) is 0 Å². The van der Waals surface area contributed by atoms with Gasteiger partial charge in [0.15, 0.2) is 0 Å². The molecule has 74 valence electrons. The van der Waals surface area contributed by atoms with E-state index in [0.717, 1.165) is 0 Å². The van der Waals surface area contributed by atoms with Crippen LogP contribution in [0.2, 0.25) is 5.02 Å². The van der Waals surface area contributed by atoms with Gasteiger partial charge in [0.1, 0.15) is 0 Å². The molecule has 4 nitrogen and oxygen atoms in total. The summed E-state index contributed by atoms with van der Waals surface area (Å²) in [5, 5.41) is 20.5. The van der Waals surface area contributed by atoms with Crippen LogP contribution in [0.25, 0.3) is 0 Å². The average Bonchev–Trinajstić information content (AvgIpc) is 2.15. The fraction of sp³-hybridized carbons (Fsp3) is 0.125. The highest BCUT2D eigenvalue weighted by molar-refractivity contribution is 6.59. The number of halogens is 1. The highest BCUT2D eigenvalue weighted by Gasteiger charge is 2.14. The zero-order valence-electron chi connectivity index (χ0n) is 7.49. The molecule has 1 amide bonds. The van der Waals surface area contributed by atoms with Crippen LogP contribution >= 0.6 is 11.6 Å². The number of amides is 1. The minimum Gasteiger partial charge on any atom is -0.423 e. The largest absolute Gasteiger partial charge is 0.488 e. The van der Waals surface area contributed by atoms with Crippen molar-refractivity contribution in [1.82, 2.24) is 5.32 Å². The molecule has 0 fully saturated rings. The molecule has 1 aromatic rings. The molecule has 0 heterocycles. The van der Waals surface area contributed by atoms with Crippen molar-refractivity contribution in [1.29, 1.82) is 0 Å². The van der Waals surface area contributed by atoms with Gasteiger partial charge in [0.25, 0.3) is 5.91 Å².